The molecule has 5 rings (SSSR count). The molecule has 4 aromatic rings. The van der Waals surface area contributed by atoms with Crippen LogP contribution in [0.15, 0.2) is 72.8 Å². The van der Waals surface area contributed by atoms with Gasteiger partial charge in [-0.25, -0.2) is 0 Å². The molecule has 140 valence electrons. The van der Waals surface area contributed by atoms with Gasteiger partial charge in [0, 0.05) is 12.1 Å². The molecule has 0 bridgehead atoms. The second-order valence-electron chi connectivity index (χ2n) is 7.46. The van der Waals surface area contributed by atoms with Crippen LogP contribution in [0, 0.1) is 5.92 Å². The zero-order valence-electron chi connectivity index (χ0n) is 15.7. The van der Waals surface area contributed by atoms with Crippen molar-refractivity contribution in [2.24, 2.45) is 5.92 Å². The van der Waals surface area contributed by atoms with Crippen LogP contribution in [-0.4, -0.2) is 33.3 Å². The van der Waals surface area contributed by atoms with E-state index < -0.39 is 0 Å². The molecule has 5 nitrogen and oxygen atoms in total. The normalized spacial score (nSPS) is 18.2. The van der Waals surface area contributed by atoms with Gasteiger partial charge in [0.1, 0.15) is 6.04 Å². The highest BCUT2D eigenvalue weighted by Crippen LogP contribution is 2.32. The monoisotopic (exact) mass is 369 g/mol. The molecule has 1 aliphatic rings. The van der Waals surface area contributed by atoms with Crippen molar-refractivity contribution in [2.45, 2.75) is 18.9 Å². The fourth-order valence-electron chi connectivity index (χ4n) is 4.18. The molecule has 1 fully saturated rings. The second-order valence-corrected chi connectivity index (χ2v) is 7.46. The van der Waals surface area contributed by atoms with E-state index in [1.807, 2.05) is 35.1 Å². The van der Waals surface area contributed by atoms with Gasteiger partial charge in [0.2, 0.25) is 5.82 Å². The summed E-state index contributed by atoms with van der Waals surface area (Å²) >= 11 is 0. The van der Waals surface area contributed by atoms with Crippen molar-refractivity contribution in [3.63, 3.8) is 0 Å². The quantitative estimate of drug-likeness (QED) is 0.589. The molecule has 1 saturated heterocycles. The van der Waals surface area contributed by atoms with E-state index in [9.17, 15) is 0 Å². The first-order valence-electron chi connectivity index (χ1n) is 9.93. The van der Waals surface area contributed by atoms with Gasteiger partial charge in [-0.15, -0.1) is 10.2 Å². The molecule has 3 aromatic carbocycles. The van der Waals surface area contributed by atoms with Crippen LogP contribution in [0.5, 0.6) is 0 Å². The summed E-state index contributed by atoms with van der Waals surface area (Å²) in [5, 5.41) is 19.6. The molecule has 1 aliphatic heterocycles. The summed E-state index contributed by atoms with van der Waals surface area (Å²) in [5.74, 6) is 1.11. The Morgan fingerprint density at radius 2 is 1.75 bits per heavy atom. The minimum atomic E-state index is 0.0716. The zero-order valence-corrected chi connectivity index (χ0v) is 15.7. The van der Waals surface area contributed by atoms with Crippen molar-refractivity contribution in [3.05, 3.63) is 78.4 Å². The van der Waals surface area contributed by atoms with Gasteiger partial charge in [0.05, 0.1) is 0 Å². The third-order valence-corrected chi connectivity index (χ3v) is 5.61. The molecule has 0 aliphatic carbocycles. The smallest absolute Gasteiger partial charge is 0.204 e. The van der Waals surface area contributed by atoms with Gasteiger partial charge in [-0.3, -0.25) is 0 Å². The van der Waals surface area contributed by atoms with Gasteiger partial charge in [0.25, 0.3) is 0 Å². The Morgan fingerprint density at radius 3 is 2.57 bits per heavy atom. The summed E-state index contributed by atoms with van der Waals surface area (Å²) in [6.45, 7) is 2.06. The first kappa shape index (κ1) is 17.1. The van der Waals surface area contributed by atoms with E-state index >= 15 is 0 Å². The maximum Gasteiger partial charge on any atom is 0.204 e. The van der Waals surface area contributed by atoms with Gasteiger partial charge < -0.3 is 5.32 Å². The molecule has 1 unspecified atom stereocenters. The van der Waals surface area contributed by atoms with Crippen molar-refractivity contribution in [1.82, 2.24) is 25.5 Å². The molecule has 0 saturated carbocycles. The Bertz CT molecular complexity index is 1070. The summed E-state index contributed by atoms with van der Waals surface area (Å²) in [5.41, 5.74) is 2.23. The first-order valence-corrected chi connectivity index (χ1v) is 9.93. The average Bonchev–Trinajstić information content (AvgIpc) is 3.25. The van der Waals surface area contributed by atoms with E-state index in [-0.39, 0.29) is 6.04 Å². The van der Waals surface area contributed by atoms with Crippen molar-refractivity contribution in [1.29, 1.82) is 0 Å². The fourth-order valence-corrected chi connectivity index (χ4v) is 4.18. The standard InChI is InChI=1S/C23H23N5/c1-2-8-18(9-3-1)23-25-27-28(26-23)22(21-11-6-14-24-16-21)20-13-12-17-7-4-5-10-19(17)15-20/h1-5,7-10,12-13,15,21-22,24H,6,11,14,16H2/t21?,22-/m0/s1. The molecule has 0 amide bonds. The van der Waals surface area contributed by atoms with E-state index in [4.69, 9.17) is 5.10 Å². The van der Waals surface area contributed by atoms with Crippen molar-refractivity contribution < 1.29 is 0 Å². The van der Waals surface area contributed by atoms with E-state index in [1.54, 1.807) is 0 Å². The van der Waals surface area contributed by atoms with Gasteiger partial charge in [0.15, 0.2) is 0 Å². The molecule has 2 atom stereocenters. The number of nitrogens with zero attached hydrogens (tertiary/aromatic N) is 4. The molecule has 1 N–H and O–H groups in total. The van der Waals surface area contributed by atoms with Gasteiger partial charge in [-0.2, -0.15) is 4.80 Å². The summed E-state index contributed by atoms with van der Waals surface area (Å²) in [4.78, 5) is 1.82. The van der Waals surface area contributed by atoms with Crippen LogP contribution >= 0.6 is 0 Å². The maximum atomic E-state index is 4.78. The van der Waals surface area contributed by atoms with Gasteiger partial charge in [-0.05, 0) is 52.9 Å². The van der Waals surface area contributed by atoms with Crippen LogP contribution in [0.1, 0.15) is 24.4 Å². The van der Waals surface area contributed by atoms with Crippen LogP contribution < -0.4 is 5.32 Å². The Morgan fingerprint density at radius 1 is 0.929 bits per heavy atom. The number of aromatic nitrogens is 4. The molecule has 1 aromatic heterocycles. The number of benzene rings is 3. The topological polar surface area (TPSA) is 55.6 Å². The summed E-state index contributed by atoms with van der Waals surface area (Å²) < 4.78 is 0. The average molecular weight is 369 g/mol. The molecule has 0 radical (unpaired) electrons. The van der Waals surface area contributed by atoms with Crippen LogP contribution in [0.3, 0.4) is 0 Å². The molecular formula is C23H23N5. The lowest BCUT2D eigenvalue weighted by molar-refractivity contribution is 0.261. The minimum Gasteiger partial charge on any atom is -0.316 e. The highest BCUT2D eigenvalue weighted by atomic mass is 15.6. The van der Waals surface area contributed by atoms with E-state index in [0.29, 0.717) is 11.7 Å². The van der Waals surface area contributed by atoms with Crippen molar-refractivity contribution in [2.75, 3.05) is 13.1 Å². The Kier molecular flexibility index (Phi) is 4.59. The molecular weight excluding hydrogens is 346 g/mol. The number of nitrogens with one attached hydrogen (secondary N) is 1. The second kappa shape index (κ2) is 7.52. The Balaban J connectivity index is 1.57. The van der Waals surface area contributed by atoms with Gasteiger partial charge >= 0.3 is 0 Å². The number of rotatable bonds is 4. The largest absolute Gasteiger partial charge is 0.316 e. The lowest BCUT2D eigenvalue weighted by atomic mass is 9.87. The highest BCUT2D eigenvalue weighted by Gasteiger charge is 2.29. The third-order valence-electron chi connectivity index (χ3n) is 5.61. The molecule has 28 heavy (non-hydrogen) atoms. The summed E-state index contributed by atoms with van der Waals surface area (Å²) in [7, 11) is 0. The SMILES string of the molecule is c1ccc(-c2nnn([C@@H](c3ccc4ccccc4c3)C3CCCNC3)n2)cc1. The van der Waals surface area contributed by atoms with E-state index in [1.165, 1.54) is 22.8 Å². The number of fused-ring (bicyclic) bond motifs is 1. The highest BCUT2D eigenvalue weighted by molar-refractivity contribution is 5.83. The van der Waals surface area contributed by atoms with Crippen LogP contribution in [0.2, 0.25) is 0 Å². The summed E-state index contributed by atoms with van der Waals surface area (Å²) in [6, 6.07) is 25.3. The maximum absolute atomic E-state index is 4.78. The molecule has 2 heterocycles. The predicted molar refractivity (Wildman–Crippen MR) is 111 cm³/mol. The van der Waals surface area contributed by atoms with E-state index in [0.717, 1.165) is 25.1 Å². The zero-order chi connectivity index (χ0) is 18.8. The number of hydrogen-bond acceptors (Lipinski definition) is 4. The van der Waals surface area contributed by atoms with Crippen molar-refractivity contribution >= 4 is 10.8 Å². The molecule has 5 heteroatoms. The number of hydrogen-bond donors (Lipinski definition) is 1. The van der Waals surface area contributed by atoms with Gasteiger partial charge in [-0.1, -0.05) is 66.7 Å². The van der Waals surface area contributed by atoms with Crippen molar-refractivity contribution in [3.8, 4) is 11.4 Å². The predicted octanol–water partition coefficient (Wildman–Crippen LogP) is 4.08. The number of tetrazole rings is 1. The minimum absolute atomic E-state index is 0.0716. The lowest BCUT2D eigenvalue weighted by Gasteiger charge is -2.30. The fraction of sp³-hybridized carbons (Fsp3) is 0.261. The lowest BCUT2D eigenvalue weighted by Crippen LogP contribution is -2.36. The Hall–Kier alpha value is -3.05. The number of piperidine rings is 1. The third kappa shape index (κ3) is 3.29. The summed E-state index contributed by atoms with van der Waals surface area (Å²) in [6.07, 6.45) is 2.34. The first-order chi connectivity index (χ1) is 13.9. The van der Waals surface area contributed by atoms with Crippen LogP contribution in [0.25, 0.3) is 22.2 Å². The van der Waals surface area contributed by atoms with Crippen LogP contribution in [-0.2, 0) is 0 Å². The van der Waals surface area contributed by atoms with E-state index in [2.05, 4.69) is 58.1 Å². The molecule has 0 spiro atoms. The van der Waals surface area contributed by atoms with Crippen LogP contribution in [0.4, 0.5) is 0 Å². The Labute approximate surface area is 164 Å².